The van der Waals surface area contributed by atoms with E-state index in [1.54, 1.807) is 11.8 Å². The molecule has 1 amide bonds. The van der Waals surface area contributed by atoms with Crippen molar-refractivity contribution in [3.8, 4) is 0 Å². The summed E-state index contributed by atoms with van der Waals surface area (Å²) in [5.41, 5.74) is 6.70. The molecule has 1 aliphatic rings. The first-order valence-electron chi connectivity index (χ1n) is 8.38. The number of nitrogens with one attached hydrogen (secondary N) is 1. The molecular formula is C18H28N2OS. The van der Waals surface area contributed by atoms with Crippen LogP contribution in [0.1, 0.15) is 56.3 Å². The van der Waals surface area contributed by atoms with Gasteiger partial charge in [-0.25, -0.2) is 0 Å². The molecule has 1 fully saturated rings. The van der Waals surface area contributed by atoms with Crippen molar-refractivity contribution in [1.82, 2.24) is 5.32 Å². The number of benzene rings is 1. The van der Waals surface area contributed by atoms with Crippen LogP contribution in [0.15, 0.2) is 29.2 Å². The zero-order valence-electron chi connectivity index (χ0n) is 13.7. The molecule has 0 aliphatic heterocycles. The molecule has 0 saturated heterocycles. The topological polar surface area (TPSA) is 55.1 Å². The number of hydrogen-bond acceptors (Lipinski definition) is 3. The number of carbonyl (C=O) groups is 1. The summed E-state index contributed by atoms with van der Waals surface area (Å²) in [5.74, 6) is 0.553. The van der Waals surface area contributed by atoms with E-state index in [0.29, 0.717) is 17.7 Å². The lowest BCUT2D eigenvalue weighted by Crippen LogP contribution is -2.46. The van der Waals surface area contributed by atoms with Gasteiger partial charge in [0.25, 0.3) is 5.91 Å². The van der Waals surface area contributed by atoms with Gasteiger partial charge in [0, 0.05) is 22.7 Å². The summed E-state index contributed by atoms with van der Waals surface area (Å²) in [6, 6.07) is 7.96. The highest BCUT2D eigenvalue weighted by Crippen LogP contribution is 2.28. The second kappa shape index (κ2) is 8.59. The highest BCUT2D eigenvalue weighted by Gasteiger charge is 2.25. The predicted molar refractivity (Wildman–Crippen MR) is 94.3 cm³/mol. The predicted octanol–water partition coefficient (Wildman–Crippen LogP) is 3.82. The molecule has 22 heavy (non-hydrogen) atoms. The van der Waals surface area contributed by atoms with Crippen molar-refractivity contribution in [2.45, 2.75) is 62.1 Å². The Labute approximate surface area is 138 Å². The highest BCUT2D eigenvalue weighted by molar-refractivity contribution is 8.00. The summed E-state index contributed by atoms with van der Waals surface area (Å²) in [6.45, 7) is 4.81. The molecular weight excluding hydrogens is 292 g/mol. The number of amides is 1. The summed E-state index contributed by atoms with van der Waals surface area (Å²) in [7, 11) is 0. The average molecular weight is 321 g/mol. The minimum atomic E-state index is 0.0183. The first-order valence-corrected chi connectivity index (χ1v) is 9.26. The Hall–Kier alpha value is -1.00. The molecule has 1 unspecified atom stereocenters. The van der Waals surface area contributed by atoms with Gasteiger partial charge in [0.05, 0.1) is 5.56 Å². The Morgan fingerprint density at radius 3 is 2.59 bits per heavy atom. The second-order valence-corrected chi connectivity index (χ2v) is 7.99. The van der Waals surface area contributed by atoms with Crippen LogP contribution in [0.5, 0.6) is 0 Å². The molecule has 3 N–H and O–H groups in total. The lowest BCUT2D eigenvalue weighted by Gasteiger charge is -2.30. The smallest absolute Gasteiger partial charge is 0.252 e. The molecule has 3 nitrogen and oxygen atoms in total. The van der Waals surface area contributed by atoms with Crippen molar-refractivity contribution < 1.29 is 4.79 Å². The number of hydrogen-bond donors (Lipinski definition) is 2. The van der Waals surface area contributed by atoms with Gasteiger partial charge in [0.1, 0.15) is 0 Å². The van der Waals surface area contributed by atoms with Gasteiger partial charge in [-0.3, -0.25) is 4.79 Å². The Bertz CT molecular complexity index is 484. The van der Waals surface area contributed by atoms with Crippen LogP contribution in [0.25, 0.3) is 0 Å². The molecule has 2 rings (SSSR count). The molecule has 122 valence electrons. The summed E-state index contributed by atoms with van der Waals surface area (Å²) >= 11 is 1.73. The van der Waals surface area contributed by atoms with Crippen molar-refractivity contribution in [3.63, 3.8) is 0 Å². The Morgan fingerprint density at radius 1 is 1.27 bits per heavy atom. The van der Waals surface area contributed by atoms with Gasteiger partial charge in [-0.1, -0.05) is 45.2 Å². The number of nitrogens with two attached hydrogens (primary N) is 1. The fourth-order valence-electron chi connectivity index (χ4n) is 3.16. The van der Waals surface area contributed by atoms with Crippen LogP contribution >= 0.6 is 11.8 Å². The van der Waals surface area contributed by atoms with Crippen LogP contribution in [-0.2, 0) is 0 Å². The Balaban J connectivity index is 2.07. The summed E-state index contributed by atoms with van der Waals surface area (Å²) in [6.07, 6.45) is 6.21. The fraction of sp³-hybridized carbons (Fsp3) is 0.611. The van der Waals surface area contributed by atoms with E-state index in [2.05, 4.69) is 19.2 Å². The van der Waals surface area contributed by atoms with Crippen LogP contribution in [0, 0.1) is 5.92 Å². The zero-order valence-corrected chi connectivity index (χ0v) is 14.5. The van der Waals surface area contributed by atoms with Crippen molar-refractivity contribution in [1.29, 1.82) is 0 Å². The van der Waals surface area contributed by atoms with E-state index in [9.17, 15) is 4.79 Å². The average Bonchev–Trinajstić information content (AvgIpc) is 2.53. The summed E-state index contributed by atoms with van der Waals surface area (Å²) in [4.78, 5) is 13.7. The number of rotatable bonds is 6. The molecule has 0 heterocycles. The van der Waals surface area contributed by atoms with E-state index < -0.39 is 0 Å². The maximum absolute atomic E-state index is 12.7. The number of thioether (sulfide) groups is 1. The van der Waals surface area contributed by atoms with Crippen LogP contribution in [-0.4, -0.2) is 23.7 Å². The molecule has 0 radical (unpaired) electrons. The van der Waals surface area contributed by atoms with Gasteiger partial charge >= 0.3 is 0 Å². The largest absolute Gasteiger partial charge is 0.348 e. The Kier molecular flexibility index (Phi) is 6.77. The molecule has 0 bridgehead atoms. The van der Waals surface area contributed by atoms with Crippen LogP contribution < -0.4 is 11.1 Å². The third kappa shape index (κ3) is 4.75. The summed E-state index contributed by atoms with van der Waals surface area (Å²) < 4.78 is 0. The van der Waals surface area contributed by atoms with Gasteiger partial charge in [0.2, 0.25) is 0 Å². The van der Waals surface area contributed by atoms with Crippen molar-refractivity contribution in [2.24, 2.45) is 11.7 Å². The zero-order chi connectivity index (χ0) is 15.9. The molecule has 1 aromatic rings. The van der Waals surface area contributed by atoms with Crippen molar-refractivity contribution in [2.75, 3.05) is 6.54 Å². The van der Waals surface area contributed by atoms with E-state index in [4.69, 9.17) is 5.73 Å². The van der Waals surface area contributed by atoms with Crippen LogP contribution in [0.4, 0.5) is 0 Å². The van der Waals surface area contributed by atoms with Crippen LogP contribution in [0.2, 0.25) is 0 Å². The van der Waals surface area contributed by atoms with Gasteiger partial charge in [-0.05, 0) is 30.9 Å². The quantitative estimate of drug-likeness (QED) is 0.783. The fourth-order valence-corrected chi connectivity index (χ4v) is 4.12. The van der Waals surface area contributed by atoms with E-state index >= 15 is 0 Å². The second-order valence-electron chi connectivity index (χ2n) is 6.38. The molecule has 0 aromatic heterocycles. The van der Waals surface area contributed by atoms with Gasteiger partial charge in [-0.2, -0.15) is 0 Å². The molecule has 4 heteroatoms. The number of carbonyl (C=O) groups excluding carboxylic acids is 1. The summed E-state index contributed by atoms with van der Waals surface area (Å²) in [5, 5.41) is 3.65. The van der Waals surface area contributed by atoms with E-state index in [0.717, 1.165) is 10.5 Å². The van der Waals surface area contributed by atoms with Crippen molar-refractivity contribution in [3.05, 3.63) is 29.8 Å². The lowest BCUT2D eigenvalue weighted by atomic mass is 9.84. The third-order valence-electron chi connectivity index (χ3n) is 4.28. The van der Waals surface area contributed by atoms with Gasteiger partial charge in [0.15, 0.2) is 0 Å². The Morgan fingerprint density at radius 2 is 1.95 bits per heavy atom. The normalized spacial score (nSPS) is 17.5. The lowest BCUT2D eigenvalue weighted by molar-refractivity contribution is 0.0912. The molecule has 1 aliphatic carbocycles. The van der Waals surface area contributed by atoms with E-state index in [1.165, 1.54) is 32.1 Å². The monoisotopic (exact) mass is 320 g/mol. The maximum Gasteiger partial charge on any atom is 0.252 e. The minimum Gasteiger partial charge on any atom is -0.348 e. The molecule has 1 aromatic carbocycles. The van der Waals surface area contributed by atoms with Crippen LogP contribution in [0.3, 0.4) is 0 Å². The maximum atomic E-state index is 12.7. The minimum absolute atomic E-state index is 0.0183. The van der Waals surface area contributed by atoms with E-state index in [-0.39, 0.29) is 11.9 Å². The first-order chi connectivity index (χ1) is 10.6. The first kappa shape index (κ1) is 17.4. The van der Waals surface area contributed by atoms with Gasteiger partial charge in [-0.15, -0.1) is 11.8 Å². The highest BCUT2D eigenvalue weighted by atomic mass is 32.2. The molecule has 1 atom stereocenters. The molecule has 1 saturated carbocycles. The van der Waals surface area contributed by atoms with Crippen molar-refractivity contribution >= 4 is 17.7 Å². The molecule has 0 spiro atoms. The third-order valence-corrected chi connectivity index (χ3v) is 5.36. The van der Waals surface area contributed by atoms with Gasteiger partial charge < -0.3 is 11.1 Å². The standard InChI is InChI=1S/C18H28N2OS/c1-13(2)22-17-11-7-6-10-15(17)18(21)20-16(12-19)14-8-4-3-5-9-14/h6-7,10-11,13-14,16H,3-5,8-9,12,19H2,1-2H3,(H,20,21). The van der Waals surface area contributed by atoms with E-state index in [1.807, 2.05) is 24.3 Å². The SMILES string of the molecule is CC(C)Sc1ccccc1C(=O)NC(CN)C1CCCCC1.